The zero-order valence-corrected chi connectivity index (χ0v) is 15.5. The van der Waals surface area contributed by atoms with Crippen LogP contribution in [0.2, 0.25) is 0 Å². The smallest absolute Gasteiger partial charge is 0.338 e. The Kier molecular flexibility index (Phi) is 4.54. The second-order valence-electron chi connectivity index (χ2n) is 7.18. The van der Waals surface area contributed by atoms with Crippen LogP contribution in [-0.2, 0) is 15.6 Å². The standard InChI is InChI=1S/C18H23BrO3/c1-6-22-16(21)11-9-13(19)15-14(12(11)10-20)17(2,3)7-8-18(15,4)5/h9-10H,6-8H2,1-5H3. The first-order valence-corrected chi connectivity index (χ1v) is 8.44. The summed E-state index contributed by atoms with van der Waals surface area (Å²) in [5.74, 6) is -0.438. The number of hydrogen-bond acceptors (Lipinski definition) is 3. The minimum atomic E-state index is -0.438. The molecule has 0 heterocycles. The Labute approximate surface area is 140 Å². The van der Waals surface area contributed by atoms with Gasteiger partial charge >= 0.3 is 5.97 Å². The van der Waals surface area contributed by atoms with E-state index in [0.717, 1.165) is 34.7 Å². The molecule has 0 amide bonds. The summed E-state index contributed by atoms with van der Waals surface area (Å²) in [6.07, 6.45) is 2.83. The minimum absolute atomic E-state index is 0.0331. The average molecular weight is 367 g/mol. The zero-order chi connectivity index (χ0) is 16.7. The van der Waals surface area contributed by atoms with Crippen molar-refractivity contribution in [2.75, 3.05) is 6.61 Å². The molecular formula is C18H23BrO3. The van der Waals surface area contributed by atoms with E-state index in [0.29, 0.717) is 17.7 Å². The van der Waals surface area contributed by atoms with Gasteiger partial charge in [-0.1, -0.05) is 43.6 Å². The summed E-state index contributed by atoms with van der Waals surface area (Å²) in [7, 11) is 0. The molecule has 2 rings (SSSR count). The van der Waals surface area contributed by atoms with Gasteiger partial charge in [-0.2, -0.15) is 0 Å². The van der Waals surface area contributed by atoms with Gasteiger partial charge in [0.05, 0.1) is 12.2 Å². The van der Waals surface area contributed by atoms with E-state index >= 15 is 0 Å². The molecule has 0 unspecified atom stereocenters. The number of benzene rings is 1. The molecule has 1 aromatic carbocycles. The van der Waals surface area contributed by atoms with Crippen molar-refractivity contribution in [1.29, 1.82) is 0 Å². The van der Waals surface area contributed by atoms with Crippen LogP contribution >= 0.6 is 15.9 Å². The summed E-state index contributed by atoms with van der Waals surface area (Å²) in [6.45, 7) is 10.7. The number of hydrogen-bond donors (Lipinski definition) is 0. The summed E-state index contributed by atoms with van der Waals surface area (Å²) in [5, 5.41) is 0. The lowest BCUT2D eigenvalue weighted by molar-refractivity contribution is 0.0523. The number of aldehydes is 1. The van der Waals surface area contributed by atoms with Crippen molar-refractivity contribution in [2.45, 2.75) is 58.3 Å². The Morgan fingerprint density at radius 2 is 1.77 bits per heavy atom. The molecule has 120 valence electrons. The molecule has 0 saturated heterocycles. The summed E-state index contributed by atoms with van der Waals surface area (Å²) in [4.78, 5) is 24.0. The van der Waals surface area contributed by atoms with Crippen LogP contribution < -0.4 is 0 Å². The number of halogens is 1. The van der Waals surface area contributed by atoms with E-state index in [1.54, 1.807) is 13.0 Å². The maximum atomic E-state index is 12.2. The van der Waals surface area contributed by atoms with Gasteiger partial charge in [-0.3, -0.25) is 4.79 Å². The van der Waals surface area contributed by atoms with Crippen LogP contribution in [0.4, 0.5) is 0 Å². The second-order valence-corrected chi connectivity index (χ2v) is 8.03. The molecule has 0 bridgehead atoms. The minimum Gasteiger partial charge on any atom is -0.462 e. The van der Waals surface area contributed by atoms with Gasteiger partial charge < -0.3 is 4.74 Å². The Balaban J connectivity index is 2.83. The van der Waals surface area contributed by atoms with Crippen LogP contribution in [0.5, 0.6) is 0 Å². The highest BCUT2D eigenvalue weighted by Gasteiger charge is 2.41. The molecule has 0 atom stereocenters. The van der Waals surface area contributed by atoms with Gasteiger partial charge in [-0.25, -0.2) is 4.79 Å². The highest BCUT2D eigenvalue weighted by molar-refractivity contribution is 9.10. The summed E-state index contributed by atoms with van der Waals surface area (Å²) < 4.78 is 6.00. The third-order valence-electron chi connectivity index (χ3n) is 4.66. The van der Waals surface area contributed by atoms with Gasteiger partial charge in [0.2, 0.25) is 0 Å². The van der Waals surface area contributed by atoms with Gasteiger partial charge in [0.25, 0.3) is 0 Å². The Morgan fingerprint density at radius 1 is 1.23 bits per heavy atom. The predicted molar refractivity (Wildman–Crippen MR) is 90.8 cm³/mol. The largest absolute Gasteiger partial charge is 0.462 e. The maximum absolute atomic E-state index is 12.2. The molecule has 0 saturated carbocycles. The third-order valence-corrected chi connectivity index (χ3v) is 5.29. The number of carbonyl (C=O) groups excluding carboxylic acids is 2. The molecular weight excluding hydrogens is 344 g/mol. The normalized spacial score (nSPS) is 18.5. The molecule has 1 aliphatic rings. The quantitative estimate of drug-likeness (QED) is 0.570. The third kappa shape index (κ3) is 2.73. The fraction of sp³-hybridized carbons (Fsp3) is 0.556. The fourth-order valence-electron chi connectivity index (χ4n) is 3.41. The van der Waals surface area contributed by atoms with Crippen LogP contribution in [0.1, 0.15) is 79.3 Å². The average Bonchev–Trinajstić information content (AvgIpc) is 2.43. The lowest BCUT2D eigenvalue weighted by Crippen LogP contribution is -2.36. The molecule has 0 aromatic heterocycles. The van der Waals surface area contributed by atoms with Gasteiger partial charge in [-0.05, 0) is 47.8 Å². The maximum Gasteiger partial charge on any atom is 0.338 e. The molecule has 0 radical (unpaired) electrons. The number of fused-ring (bicyclic) bond motifs is 1. The highest BCUT2D eigenvalue weighted by atomic mass is 79.9. The van der Waals surface area contributed by atoms with Crippen LogP contribution in [0.15, 0.2) is 10.5 Å². The first-order valence-electron chi connectivity index (χ1n) is 7.65. The molecule has 4 heteroatoms. The molecule has 0 N–H and O–H groups in total. The van der Waals surface area contributed by atoms with Crippen molar-refractivity contribution in [3.05, 3.63) is 32.8 Å². The molecule has 3 nitrogen and oxygen atoms in total. The van der Waals surface area contributed by atoms with E-state index in [1.807, 2.05) is 0 Å². The number of ether oxygens (including phenoxy) is 1. The van der Waals surface area contributed by atoms with Crippen molar-refractivity contribution in [3.63, 3.8) is 0 Å². The van der Waals surface area contributed by atoms with E-state index in [1.165, 1.54) is 0 Å². The van der Waals surface area contributed by atoms with Crippen LogP contribution in [0.3, 0.4) is 0 Å². The van der Waals surface area contributed by atoms with E-state index in [9.17, 15) is 9.59 Å². The van der Waals surface area contributed by atoms with Crippen LogP contribution in [-0.4, -0.2) is 18.9 Å². The summed E-state index contributed by atoms with van der Waals surface area (Å²) in [6, 6.07) is 1.74. The lowest BCUT2D eigenvalue weighted by atomic mass is 9.61. The van der Waals surface area contributed by atoms with Gasteiger partial charge in [0.15, 0.2) is 6.29 Å². The first kappa shape index (κ1) is 17.2. The molecule has 1 aliphatic carbocycles. The van der Waals surface area contributed by atoms with Gasteiger partial charge in [-0.15, -0.1) is 0 Å². The summed E-state index contributed by atoms with van der Waals surface area (Å²) in [5.41, 5.74) is 2.78. The predicted octanol–water partition coefficient (Wildman–Crippen LogP) is 4.79. The number of carbonyl (C=O) groups is 2. The van der Waals surface area contributed by atoms with Crippen molar-refractivity contribution in [3.8, 4) is 0 Å². The SMILES string of the molecule is CCOC(=O)c1cc(Br)c2c(c1C=O)C(C)(C)CCC2(C)C. The number of rotatable bonds is 3. The zero-order valence-electron chi connectivity index (χ0n) is 13.9. The van der Waals surface area contributed by atoms with E-state index in [4.69, 9.17) is 4.74 Å². The summed E-state index contributed by atoms with van der Waals surface area (Å²) >= 11 is 3.62. The lowest BCUT2D eigenvalue weighted by Gasteiger charge is -2.43. The molecule has 0 spiro atoms. The second kappa shape index (κ2) is 5.80. The van der Waals surface area contributed by atoms with Crippen molar-refractivity contribution in [1.82, 2.24) is 0 Å². The Morgan fingerprint density at radius 3 is 2.27 bits per heavy atom. The van der Waals surface area contributed by atoms with Crippen molar-refractivity contribution in [2.24, 2.45) is 0 Å². The first-order chi connectivity index (χ1) is 10.2. The highest BCUT2D eigenvalue weighted by Crippen LogP contribution is 2.50. The Hall–Kier alpha value is -1.16. The van der Waals surface area contributed by atoms with Crippen molar-refractivity contribution < 1.29 is 14.3 Å². The number of esters is 1. The monoisotopic (exact) mass is 366 g/mol. The molecule has 0 aliphatic heterocycles. The molecule has 0 fully saturated rings. The molecule has 1 aromatic rings. The molecule has 22 heavy (non-hydrogen) atoms. The topological polar surface area (TPSA) is 43.4 Å². The van der Waals surface area contributed by atoms with E-state index in [2.05, 4.69) is 43.6 Å². The van der Waals surface area contributed by atoms with Crippen LogP contribution in [0, 0.1) is 0 Å². The van der Waals surface area contributed by atoms with Crippen molar-refractivity contribution >= 4 is 28.2 Å². The van der Waals surface area contributed by atoms with Crippen LogP contribution in [0.25, 0.3) is 0 Å². The fourth-order valence-corrected chi connectivity index (χ4v) is 4.37. The van der Waals surface area contributed by atoms with E-state index < -0.39 is 5.97 Å². The van der Waals surface area contributed by atoms with Gasteiger partial charge in [0, 0.05) is 10.0 Å². The van der Waals surface area contributed by atoms with Gasteiger partial charge in [0.1, 0.15) is 0 Å². The van der Waals surface area contributed by atoms with E-state index in [-0.39, 0.29) is 10.8 Å². The Bertz CT molecular complexity index is 630.